The van der Waals surface area contributed by atoms with Gasteiger partial charge < -0.3 is 4.90 Å². The second-order valence-electron chi connectivity index (χ2n) is 4.94. The Morgan fingerprint density at radius 1 is 1.10 bits per heavy atom. The quantitative estimate of drug-likeness (QED) is 0.726. The normalized spacial score (nSPS) is 15.3. The number of rotatable bonds is 2. The molecule has 4 rings (SSSR count). The highest BCUT2D eigenvalue weighted by atomic mass is 32.1. The van der Waals surface area contributed by atoms with Crippen molar-refractivity contribution < 1.29 is 4.39 Å². The predicted octanol–water partition coefficient (Wildman–Crippen LogP) is 3.20. The summed E-state index contributed by atoms with van der Waals surface area (Å²) in [4.78, 5) is 7.76. The zero-order valence-corrected chi connectivity index (χ0v) is 11.6. The lowest BCUT2D eigenvalue weighted by atomic mass is 10.2. The third-order valence-corrected chi connectivity index (χ3v) is 4.53. The van der Waals surface area contributed by atoms with Crippen LogP contribution in [0, 0.1) is 5.82 Å². The Hall–Kier alpha value is -1.95. The van der Waals surface area contributed by atoms with Gasteiger partial charge in [0.15, 0.2) is 0 Å². The fourth-order valence-corrected chi connectivity index (χ4v) is 3.42. The minimum absolute atomic E-state index is 0.232. The van der Waals surface area contributed by atoms with Crippen molar-refractivity contribution in [2.45, 2.75) is 12.8 Å². The van der Waals surface area contributed by atoms with Crippen molar-refractivity contribution in [3.63, 3.8) is 0 Å². The van der Waals surface area contributed by atoms with Gasteiger partial charge in [0.25, 0.3) is 0 Å². The summed E-state index contributed by atoms with van der Waals surface area (Å²) in [5.41, 5.74) is 1.74. The minimum Gasteiger partial charge on any atom is -0.347 e. The van der Waals surface area contributed by atoms with E-state index in [0.29, 0.717) is 0 Å². The van der Waals surface area contributed by atoms with Gasteiger partial charge in [0.05, 0.1) is 11.9 Å². The minimum atomic E-state index is -0.232. The van der Waals surface area contributed by atoms with Crippen LogP contribution in [0.4, 0.5) is 9.52 Å². The van der Waals surface area contributed by atoms with Gasteiger partial charge in [-0.25, -0.2) is 13.9 Å². The van der Waals surface area contributed by atoms with Gasteiger partial charge in [-0.15, -0.1) is 5.10 Å². The van der Waals surface area contributed by atoms with E-state index in [4.69, 9.17) is 0 Å². The monoisotopic (exact) mass is 288 g/mol. The number of imidazole rings is 1. The fraction of sp³-hybridized carbons (Fsp3) is 0.286. The van der Waals surface area contributed by atoms with E-state index in [1.807, 2.05) is 10.7 Å². The van der Waals surface area contributed by atoms with Crippen LogP contribution in [0.2, 0.25) is 0 Å². The zero-order chi connectivity index (χ0) is 13.5. The highest BCUT2D eigenvalue weighted by molar-refractivity contribution is 7.20. The number of fused-ring (bicyclic) bond motifs is 1. The van der Waals surface area contributed by atoms with Crippen LogP contribution in [0.1, 0.15) is 12.8 Å². The molecular formula is C14H13FN4S. The standard InChI is InChI=1S/C14H13FN4S/c15-11-5-3-10(4-6-11)12-9-19-13(16-12)20-14(17-19)18-7-1-2-8-18/h3-6,9H,1-2,7-8H2. The van der Waals surface area contributed by atoms with E-state index in [9.17, 15) is 4.39 Å². The molecule has 102 valence electrons. The molecule has 6 heteroatoms. The number of aromatic nitrogens is 3. The second-order valence-corrected chi connectivity index (χ2v) is 5.87. The van der Waals surface area contributed by atoms with Crippen LogP contribution in [0.25, 0.3) is 16.2 Å². The fourth-order valence-electron chi connectivity index (χ4n) is 2.49. The molecule has 0 amide bonds. The molecule has 20 heavy (non-hydrogen) atoms. The van der Waals surface area contributed by atoms with E-state index in [1.165, 1.54) is 25.0 Å². The lowest BCUT2D eigenvalue weighted by Gasteiger charge is -2.11. The molecule has 0 aliphatic carbocycles. The molecule has 0 atom stereocenters. The average molecular weight is 288 g/mol. The van der Waals surface area contributed by atoms with Crippen molar-refractivity contribution >= 4 is 21.4 Å². The molecule has 0 N–H and O–H groups in total. The molecule has 0 unspecified atom stereocenters. The predicted molar refractivity (Wildman–Crippen MR) is 77.7 cm³/mol. The molecule has 2 aromatic heterocycles. The van der Waals surface area contributed by atoms with Crippen molar-refractivity contribution in [1.82, 2.24) is 14.6 Å². The van der Waals surface area contributed by atoms with Crippen LogP contribution in [0.15, 0.2) is 30.5 Å². The molecule has 0 saturated carbocycles. The lowest BCUT2D eigenvalue weighted by molar-refractivity contribution is 0.628. The smallest absolute Gasteiger partial charge is 0.214 e. The Bertz CT molecular complexity index is 709. The van der Waals surface area contributed by atoms with Gasteiger partial charge in [0.2, 0.25) is 10.1 Å². The molecule has 1 saturated heterocycles. The summed E-state index contributed by atoms with van der Waals surface area (Å²) >= 11 is 1.61. The first-order valence-electron chi connectivity index (χ1n) is 6.67. The van der Waals surface area contributed by atoms with Gasteiger partial charge in [0, 0.05) is 18.7 Å². The topological polar surface area (TPSA) is 33.4 Å². The van der Waals surface area contributed by atoms with E-state index in [0.717, 1.165) is 34.4 Å². The molecule has 1 aromatic carbocycles. The van der Waals surface area contributed by atoms with Crippen LogP contribution >= 0.6 is 11.3 Å². The summed E-state index contributed by atoms with van der Waals surface area (Å²) in [6.45, 7) is 2.17. The maximum absolute atomic E-state index is 12.9. The third kappa shape index (κ3) is 1.96. The van der Waals surface area contributed by atoms with Crippen molar-refractivity contribution in [3.05, 3.63) is 36.3 Å². The summed E-state index contributed by atoms with van der Waals surface area (Å²) in [5, 5.41) is 5.62. The van der Waals surface area contributed by atoms with Crippen molar-refractivity contribution in [2.24, 2.45) is 0 Å². The first-order valence-corrected chi connectivity index (χ1v) is 7.48. The van der Waals surface area contributed by atoms with Gasteiger partial charge in [-0.1, -0.05) is 11.3 Å². The molecule has 3 aromatic rings. The van der Waals surface area contributed by atoms with Gasteiger partial charge in [0.1, 0.15) is 5.82 Å². The molecule has 0 spiro atoms. The second kappa shape index (κ2) is 4.56. The van der Waals surface area contributed by atoms with Gasteiger partial charge in [-0.2, -0.15) is 0 Å². The summed E-state index contributed by atoms with van der Waals surface area (Å²) < 4.78 is 14.7. The summed E-state index contributed by atoms with van der Waals surface area (Å²) in [6.07, 6.45) is 4.38. The number of anilines is 1. The van der Waals surface area contributed by atoms with Gasteiger partial charge in [-0.3, -0.25) is 0 Å². The highest BCUT2D eigenvalue weighted by Gasteiger charge is 2.18. The number of benzene rings is 1. The number of nitrogens with zero attached hydrogens (tertiary/aromatic N) is 4. The van der Waals surface area contributed by atoms with Crippen molar-refractivity contribution in [3.8, 4) is 11.3 Å². The largest absolute Gasteiger partial charge is 0.347 e. The number of hydrogen-bond donors (Lipinski definition) is 0. The van der Waals surface area contributed by atoms with E-state index in [-0.39, 0.29) is 5.82 Å². The van der Waals surface area contributed by atoms with E-state index in [1.54, 1.807) is 23.5 Å². The Morgan fingerprint density at radius 2 is 1.85 bits per heavy atom. The van der Waals surface area contributed by atoms with Crippen LogP contribution in [0.3, 0.4) is 0 Å². The Morgan fingerprint density at radius 3 is 2.55 bits per heavy atom. The molecule has 1 aliphatic rings. The third-order valence-electron chi connectivity index (χ3n) is 3.55. The van der Waals surface area contributed by atoms with E-state index in [2.05, 4.69) is 15.0 Å². The Kier molecular flexibility index (Phi) is 2.70. The molecule has 0 radical (unpaired) electrons. The van der Waals surface area contributed by atoms with Crippen LogP contribution in [-0.2, 0) is 0 Å². The van der Waals surface area contributed by atoms with Crippen LogP contribution in [0.5, 0.6) is 0 Å². The summed E-state index contributed by atoms with van der Waals surface area (Å²) in [7, 11) is 0. The Labute approximate surface area is 119 Å². The van der Waals surface area contributed by atoms with E-state index >= 15 is 0 Å². The van der Waals surface area contributed by atoms with Crippen LogP contribution < -0.4 is 4.90 Å². The van der Waals surface area contributed by atoms with Gasteiger partial charge in [-0.05, 0) is 37.1 Å². The molecule has 3 heterocycles. The summed E-state index contributed by atoms with van der Waals surface area (Å²) in [5.74, 6) is -0.232. The van der Waals surface area contributed by atoms with Crippen molar-refractivity contribution in [1.29, 1.82) is 0 Å². The highest BCUT2D eigenvalue weighted by Crippen LogP contribution is 2.28. The summed E-state index contributed by atoms with van der Waals surface area (Å²) in [6, 6.07) is 6.38. The molecule has 1 aliphatic heterocycles. The van der Waals surface area contributed by atoms with E-state index < -0.39 is 0 Å². The van der Waals surface area contributed by atoms with Crippen molar-refractivity contribution in [2.75, 3.05) is 18.0 Å². The van der Waals surface area contributed by atoms with Gasteiger partial charge >= 0.3 is 0 Å². The number of halogens is 1. The maximum Gasteiger partial charge on any atom is 0.214 e. The lowest BCUT2D eigenvalue weighted by Crippen LogP contribution is -2.17. The van der Waals surface area contributed by atoms with Crippen LogP contribution in [-0.4, -0.2) is 27.7 Å². The zero-order valence-electron chi connectivity index (χ0n) is 10.8. The molecule has 1 fully saturated rings. The SMILES string of the molecule is Fc1ccc(-c2cn3nc(N4CCCC4)sc3n2)cc1. The first-order chi connectivity index (χ1) is 9.79. The number of hydrogen-bond acceptors (Lipinski definition) is 4. The average Bonchev–Trinajstić information content (AvgIpc) is 3.14. The Balaban J connectivity index is 1.69. The molecule has 4 nitrogen and oxygen atoms in total. The first kappa shape index (κ1) is 11.8. The molecular weight excluding hydrogens is 275 g/mol. The molecule has 0 bridgehead atoms. The maximum atomic E-state index is 12.9.